The first-order chi connectivity index (χ1) is 7.03. The Morgan fingerprint density at radius 1 is 1.47 bits per heavy atom. The van der Waals surface area contributed by atoms with Crippen LogP contribution in [0.4, 0.5) is 0 Å². The Hall–Kier alpha value is -0.590. The standard InChI is InChI=1S/C14H22O/c1-4-5-6-14(2,3)9-11-7-10-8-12(10)13(11)15/h4,10-12H,1,5-9H2,2-3H3/t10-,11+,12-/m1/s1. The minimum absolute atomic E-state index is 0.311. The molecule has 0 spiro atoms. The number of Topliss-reactive ketones (excluding diaryl/α,β-unsaturated/α-hetero) is 1. The molecule has 0 amide bonds. The number of carbonyl (C=O) groups excluding carboxylic acids is 1. The van der Waals surface area contributed by atoms with Gasteiger partial charge in [-0.05, 0) is 43.4 Å². The third-order valence-electron chi connectivity index (χ3n) is 4.10. The molecule has 1 nitrogen and oxygen atoms in total. The molecule has 0 radical (unpaired) electrons. The van der Waals surface area contributed by atoms with Crippen LogP contribution >= 0.6 is 0 Å². The molecule has 0 aliphatic heterocycles. The Kier molecular flexibility index (Phi) is 2.74. The Morgan fingerprint density at radius 2 is 2.20 bits per heavy atom. The second-order valence-corrected chi connectivity index (χ2v) is 6.13. The van der Waals surface area contributed by atoms with E-state index in [0.29, 0.717) is 23.0 Å². The molecular formula is C14H22O. The maximum atomic E-state index is 11.9. The van der Waals surface area contributed by atoms with Crippen LogP contribution < -0.4 is 0 Å². The molecule has 0 aromatic rings. The fourth-order valence-corrected chi connectivity index (χ4v) is 3.09. The highest BCUT2D eigenvalue weighted by atomic mass is 16.1. The van der Waals surface area contributed by atoms with Crippen LogP contribution in [0.5, 0.6) is 0 Å². The van der Waals surface area contributed by atoms with Gasteiger partial charge >= 0.3 is 0 Å². The Balaban J connectivity index is 1.85. The zero-order valence-corrected chi connectivity index (χ0v) is 9.96. The summed E-state index contributed by atoms with van der Waals surface area (Å²) in [5, 5.41) is 0. The molecule has 0 unspecified atom stereocenters. The molecule has 0 bridgehead atoms. The van der Waals surface area contributed by atoms with E-state index in [1.54, 1.807) is 0 Å². The third-order valence-corrected chi connectivity index (χ3v) is 4.10. The van der Waals surface area contributed by atoms with E-state index < -0.39 is 0 Å². The first-order valence-corrected chi connectivity index (χ1v) is 6.18. The van der Waals surface area contributed by atoms with Gasteiger partial charge in [0.1, 0.15) is 5.78 Å². The largest absolute Gasteiger partial charge is 0.299 e. The molecule has 15 heavy (non-hydrogen) atoms. The van der Waals surface area contributed by atoms with Gasteiger partial charge in [-0.25, -0.2) is 0 Å². The van der Waals surface area contributed by atoms with Crippen molar-refractivity contribution in [1.29, 1.82) is 0 Å². The minimum atomic E-state index is 0.311. The van der Waals surface area contributed by atoms with E-state index in [1.807, 2.05) is 6.08 Å². The highest BCUT2D eigenvalue weighted by Crippen LogP contribution is 2.54. The lowest BCUT2D eigenvalue weighted by Crippen LogP contribution is -2.21. The molecule has 0 N–H and O–H groups in total. The average molecular weight is 206 g/mol. The van der Waals surface area contributed by atoms with Gasteiger partial charge in [0.25, 0.3) is 0 Å². The predicted molar refractivity (Wildman–Crippen MR) is 62.5 cm³/mol. The van der Waals surface area contributed by atoms with E-state index in [1.165, 1.54) is 12.8 Å². The average Bonchev–Trinajstić information content (AvgIpc) is 2.86. The van der Waals surface area contributed by atoms with Crippen molar-refractivity contribution in [3.05, 3.63) is 12.7 Å². The zero-order valence-electron chi connectivity index (χ0n) is 9.96. The fourth-order valence-electron chi connectivity index (χ4n) is 3.09. The molecule has 2 saturated carbocycles. The van der Waals surface area contributed by atoms with Crippen molar-refractivity contribution >= 4 is 5.78 Å². The monoisotopic (exact) mass is 206 g/mol. The van der Waals surface area contributed by atoms with Gasteiger partial charge in [0.15, 0.2) is 0 Å². The lowest BCUT2D eigenvalue weighted by Gasteiger charge is -2.27. The Labute approximate surface area is 92.9 Å². The van der Waals surface area contributed by atoms with Gasteiger partial charge in [-0.3, -0.25) is 4.79 Å². The normalized spacial score (nSPS) is 34.0. The van der Waals surface area contributed by atoms with E-state index >= 15 is 0 Å². The van der Waals surface area contributed by atoms with Gasteiger partial charge in [-0.1, -0.05) is 19.9 Å². The maximum Gasteiger partial charge on any atom is 0.139 e. The van der Waals surface area contributed by atoms with E-state index in [0.717, 1.165) is 25.2 Å². The summed E-state index contributed by atoms with van der Waals surface area (Å²) < 4.78 is 0. The lowest BCUT2D eigenvalue weighted by molar-refractivity contribution is -0.123. The van der Waals surface area contributed by atoms with Gasteiger partial charge in [0.05, 0.1) is 0 Å². The summed E-state index contributed by atoms with van der Waals surface area (Å²) in [5.41, 5.74) is 0.311. The highest BCUT2D eigenvalue weighted by molar-refractivity contribution is 5.88. The number of allylic oxidation sites excluding steroid dienone is 1. The van der Waals surface area contributed by atoms with Crippen molar-refractivity contribution in [1.82, 2.24) is 0 Å². The number of rotatable bonds is 5. The summed E-state index contributed by atoms with van der Waals surface area (Å²) in [6.07, 6.45) is 7.68. The number of carbonyl (C=O) groups is 1. The van der Waals surface area contributed by atoms with Crippen molar-refractivity contribution in [3.8, 4) is 0 Å². The molecule has 3 atom stereocenters. The molecular weight excluding hydrogens is 184 g/mol. The van der Waals surface area contributed by atoms with Crippen molar-refractivity contribution in [2.24, 2.45) is 23.2 Å². The van der Waals surface area contributed by atoms with E-state index in [2.05, 4.69) is 20.4 Å². The topological polar surface area (TPSA) is 17.1 Å². The Bertz CT molecular complexity index is 277. The quantitative estimate of drug-likeness (QED) is 0.628. The second-order valence-electron chi connectivity index (χ2n) is 6.13. The van der Waals surface area contributed by atoms with Crippen LogP contribution in [-0.4, -0.2) is 5.78 Å². The van der Waals surface area contributed by atoms with Crippen molar-refractivity contribution < 1.29 is 4.79 Å². The lowest BCUT2D eigenvalue weighted by atomic mass is 9.77. The van der Waals surface area contributed by atoms with E-state index in [-0.39, 0.29) is 0 Å². The molecule has 0 heterocycles. The molecule has 0 aromatic heterocycles. The van der Waals surface area contributed by atoms with Gasteiger partial charge < -0.3 is 0 Å². The summed E-state index contributed by atoms with van der Waals surface area (Å²) in [4.78, 5) is 11.9. The van der Waals surface area contributed by atoms with Crippen LogP contribution in [0.1, 0.15) is 46.0 Å². The van der Waals surface area contributed by atoms with Crippen LogP contribution in [0.15, 0.2) is 12.7 Å². The van der Waals surface area contributed by atoms with Crippen LogP contribution in [0, 0.1) is 23.2 Å². The van der Waals surface area contributed by atoms with Crippen LogP contribution in [0.2, 0.25) is 0 Å². The SMILES string of the molecule is C=CCCC(C)(C)C[C@@H]1C[C@@H]2C[C@H]2C1=O. The van der Waals surface area contributed by atoms with Crippen molar-refractivity contribution in [2.75, 3.05) is 0 Å². The molecule has 0 saturated heterocycles. The molecule has 0 aromatic carbocycles. The minimum Gasteiger partial charge on any atom is -0.299 e. The molecule has 2 rings (SSSR count). The van der Waals surface area contributed by atoms with Gasteiger partial charge in [0, 0.05) is 11.8 Å². The maximum absolute atomic E-state index is 11.9. The van der Waals surface area contributed by atoms with Crippen molar-refractivity contribution in [2.45, 2.75) is 46.0 Å². The second kappa shape index (κ2) is 3.77. The summed E-state index contributed by atoms with van der Waals surface area (Å²) in [7, 11) is 0. The van der Waals surface area contributed by atoms with Crippen LogP contribution in [0.3, 0.4) is 0 Å². The van der Waals surface area contributed by atoms with E-state index in [4.69, 9.17) is 0 Å². The predicted octanol–water partition coefficient (Wildman–Crippen LogP) is 3.59. The summed E-state index contributed by atoms with van der Waals surface area (Å²) in [6.45, 7) is 8.33. The van der Waals surface area contributed by atoms with Crippen LogP contribution in [0.25, 0.3) is 0 Å². The van der Waals surface area contributed by atoms with Crippen LogP contribution in [-0.2, 0) is 4.79 Å². The molecule has 1 heteroatoms. The molecule has 84 valence electrons. The summed E-state index contributed by atoms with van der Waals surface area (Å²) in [5.74, 6) is 2.21. The van der Waals surface area contributed by atoms with E-state index in [9.17, 15) is 4.79 Å². The zero-order chi connectivity index (χ0) is 11.1. The highest BCUT2D eigenvalue weighted by Gasteiger charge is 2.53. The van der Waals surface area contributed by atoms with Gasteiger partial charge in [0.2, 0.25) is 0 Å². The summed E-state index contributed by atoms with van der Waals surface area (Å²) in [6, 6.07) is 0. The first kappa shape index (κ1) is 10.9. The number of ketones is 1. The molecule has 2 aliphatic rings. The molecule has 2 aliphatic carbocycles. The molecule has 2 fully saturated rings. The fraction of sp³-hybridized carbons (Fsp3) is 0.786. The number of hydrogen-bond acceptors (Lipinski definition) is 1. The third kappa shape index (κ3) is 2.32. The summed E-state index contributed by atoms with van der Waals surface area (Å²) >= 11 is 0. The number of fused-ring (bicyclic) bond motifs is 1. The van der Waals surface area contributed by atoms with Gasteiger partial charge in [-0.15, -0.1) is 6.58 Å². The smallest absolute Gasteiger partial charge is 0.139 e. The van der Waals surface area contributed by atoms with Crippen molar-refractivity contribution in [3.63, 3.8) is 0 Å². The first-order valence-electron chi connectivity index (χ1n) is 6.18. The van der Waals surface area contributed by atoms with Gasteiger partial charge in [-0.2, -0.15) is 0 Å². The Morgan fingerprint density at radius 3 is 2.73 bits per heavy atom. The number of hydrogen-bond donors (Lipinski definition) is 0.